The number of amides is 2. The Bertz CT molecular complexity index is 806. The van der Waals surface area contributed by atoms with Crippen molar-refractivity contribution in [1.29, 1.82) is 0 Å². The van der Waals surface area contributed by atoms with Crippen LogP contribution in [-0.2, 0) is 4.79 Å². The van der Waals surface area contributed by atoms with Gasteiger partial charge >= 0.3 is 0 Å². The van der Waals surface area contributed by atoms with Crippen LogP contribution in [0.4, 0.5) is 15.8 Å². The van der Waals surface area contributed by atoms with Crippen LogP contribution in [0.15, 0.2) is 53.5 Å². The van der Waals surface area contributed by atoms with E-state index in [9.17, 15) is 19.1 Å². The molecule has 0 aliphatic heterocycles. The highest BCUT2D eigenvalue weighted by molar-refractivity contribution is 9.10. The minimum Gasteiger partial charge on any atom is -0.506 e. The smallest absolute Gasteiger partial charge is 0.255 e. The second-order valence-electron chi connectivity index (χ2n) is 4.86. The van der Waals surface area contributed by atoms with Crippen molar-refractivity contribution >= 4 is 39.1 Å². The number of halogens is 2. The van der Waals surface area contributed by atoms with Crippen molar-refractivity contribution in [3.05, 3.63) is 64.9 Å². The van der Waals surface area contributed by atoms with Gasteiger partial charge in [-0.3, -0.25) is 9.59 Å². The first kappa shape index (κ1) is 17.7. The van der Waals surface area contributed by atoms with E-state index in [1.54, 1.807) is 19.2 Å². The molecule has 0 unspecified atom stereocenters. The van der Waals surface area contributed by atoms with Gasteiger partial charge in [0.2, 0.25) is 5.91 Å². The highest BCUT2D eigenvalue weighted by atomic mass is 79.9. The average molecular weight is 393 g/mol. The number of hydrogen-bond acceptors (Lipinski definition) is 3. The minimum absolute atomic E-state index is 0.121. The van der Waals surface area contributed by atoms with Gasteiger partial charge in [-0.05, 0) is 58.4 Å². The molecule has 0 heterocycles. The summed E-state index contributed by atoms with van der Waals surface area (Å²) in [5.41, 5.74) is 0.516. The van der Waals surface area contributed by atoms with E-state index in [4.69, 9.17) is 0 Å². The summed E-state index contributed by atoms with van der Waals surface area (Å²) in [5.74, 6) is -2.02. The number of carbonyl (C=O) groups is 2. The zero-order chi connectivity index (χ0) is 17.9. The molecule has 2 aromatic rings. The molecule has 2 N–H and O–H groups in total. The molecule has 7 heteroatoms. The van der Waals surface area contributed by atoms with Crippen LogP contribution in [0.5, 0.6) is 5.75 Å². The number of phenols is 1. The number of aromatic hydroxyl groups is 1. The average Bonchev–Trinajstić information content (AvgIpc) is 2.60. The third kappa shape index (κ3) is 3.62. The van der Waals surface area contributed by atoms with Crippen LogP contribution in [0.3, 0.4) is 0 Å². The Kier molecular flexibility index (Phi) is 5.35. The van der Waals surface area contributed by atoms with E-state index >= 15 is 0 Å². The van der Waals surface area contributed by atoms with Crippen LogP contribution in [-0.4, -0.2) is 24.0 Å². The van der Waals surface area contributed by atoms with E-state index in [0.29, 0.717) is 5.69 Å². The first-order valence-corrected chi connectivity index (χ1v) is 7.63. The molecule has 5 nitrogen and oxygen atoms in total. The Hall–Kier alpha value is -2.67. The van der Waals surface area contributed by atoms with Gasteiger partial charge in [0.1, 0.15) is 11.4 Å². The monoisotopic (exact) mass is 392 g/mol. The summed E-state index contributed by atoms with van der Waals surface area (Å²) in [6.07, 6.45) is 1.18. The van der Waals surface area contributed by atoms with Gasteiger partial charge in [0.15, 0.2) is 5.82 Å². The molecule has 0 saturated heterocycles. The van der Waals surface area contributed by atoms with E-state index in [1.165, 1.54) is 35.2 Å². The summed E-state index contributed by atoms with van der Waals surface area (Å²) in [6, 6.07) is 8.74. The summed E-state index contributed by atoms with van der Waals surface area (Å²) in [5, 5.41) is 12.0. The Morgan fingerprint density at radius 1 is 1.25 bits per heavy atom. The van der Waals surface area contributed by atoms with Crippen molar-refractivity contribution in [2.75, 3.05) is 17.3 Å². The van der Waals surface area contributed by atoms with Gasteiger partial charge in [0, 0.05) is 18.3 Å². The van der Waals surface area contributed by atoms with Crippen molar-refractivity contribution in [2.45, 2.75) is 0 Å². The van der Waals surface area contributed by atoms with E-state index in [-0.39, 0.29) is 27.4 Å². The zero-order valence-corrected chi connectivity index (χ0v) is 14.3. The lowest BCUT2D eigenvalue weighted by molar-refractivity contribution is -0.113. The summed E-state index contributed by atoms with van der Waals surface area (Å²) in [6.45, 7) is 3.41. The predicted octanol–water partition coefficient (Wildman–Crippen LogP) is 3.69. The second-order valence-corrected chi connectivity index (χ2v) is 5.71. The Morgan fingerprint density at radius 3 is 2.46 bits per heavy atom. The van der Waals surface area contributed by atoms with Crippen LogP contribution in [0.25, 0.3) is 0 Å². The maximum Gasteiger partial charge on any atom is 0.255 e. The normalized spacial score (nSPS) is 10.1. The number of rotatable bonds is 4. The Balaban J connectivity index is 2.21. The number of nitrogens with one attached hydrogen (secondary N) is 1. The number of anilines is 2. The molecule has 0 bridgehead atoms. The van der Waals surface area contributed by atoms with Gasteiger partial charge < -0.3 is 15.3 Å². The standard InChI is InChI=1S/C17H14BrFN2O3/c1-3-14(23)21(2)11-6-4-10(5-7-11)17(24)20-16-13(22)9-8-12(18)15(16)19/h3-9,22H,1H2,2H3,(H,20,24). The fraction of sp³-hybridized carbons (Fsp3) is 0.0588. The lowest BCUT2D eigenvalue weighted by Gasteiger charge is -2.15. The molecule has 0 aliphatic carbocycles. The van der Waals surface area contributed by atoms with Crippen LogP contribution < -0.4 is 10.2 Å². The fourth-order valence-corrected chi connectivity index (χ4v) is 2.28. The van der Waals surface area contributed by atoms with Crippen molar-refractivity contribution in [3.63, 3.8) is 0 Å². The highest BCUT2D eigenvalue weighted by Crippen LogP contribution is 2.32. The maximum absolute atomic E-state index is 14.0. The van der Waals surface area contributed by atoms with Crippen molar-refractivity contribution in [3.8, 4) is 5.75 Å². The van der Waals surface area contributed by atoms with Crippen LogP contribution >= 0.6 is 15.9 Å². The van der Waals surface area contributed by atoms with E-state index in [2.05, 4.69) is 27.8 Å². The van der Waals surface area contributed by atoms with Crippen LogP contribution in [0, 0.1) is 5.82 Å². The molecule has 0 atom stereocenters. The van der Waals surface area contributed by atoms with Crippen molar-refractivity contribution < 1.29 is 19.1 Å². The highest BCUT2D eigenvalue weighted by Gasteiger charge is 2.16. The molecule has 124 valence electrons. The lowest BCUT2D eigenvalue weighted by Crippen LogP contribution is -2.23. The van der Waals surface area contributed by atoms with Crippen LogP contribution in [0.2, 0.25) is 0 Å². The van der Waals surface area contributed by atoms with Gasteiger partial charge in [-0.2, -0.15) is 0 Å². The van der Waals surface area contributed by atoms with Gasteiger partial charge in [0.25, 0.3) is 5.91 Å². The molecule has 0 aliphatic rings. The number of nitrogens with zero attached hydrogens (tertiary/aromatic N) is 1. The third-order valence-corrected chi connectivity index (χ3v) is 3.95. The second kappa shape index (κ2) is 7.27. The number of likely N-dealkylation sites (N-methyl/N-ethyl adjacent to an activating group) is 1. The zero-order valence-electron chi connectivity index (χ0n) is 12.7. The molecule has 24 heavy (non-hydrogen) atoms. The van der Waals surface area contributed by atoms with E-state index in [0.717, 1.165) is 0 Å². The van der Waals surface area contributed by atoms with Crippen molar-refractivity contribution in [2.24, 2.45) is 0 Å². The number of benzene rings is 2. The molecule has 2 rings (SSSR count). The fourth-order valence-electron chi connectivity index (χ4n) is 1.95. The summed E-state index contributed by atoms with van der Waals surface area (Å²) >= 11 is 2.99. The third-order valence-electron chi connectivity index (χ3n) is 3.33. The first-order valence-electron chi connectivity index (χ1n) is 6.83. The molecule has 2 amide bonds. The van der Waals surface area contributed by atoms with E-state index in [1.807, 2.05) is 0 Å². The summed E-state index contributed by atoms with van der Waals surface area (Å²) < 4.78 is 14.1. The molecule has 0 radical (unpaired) electrons. The predicted molar refractivity (Wildman–Crippen MR) is 93.8 cm³/mol. The Morgan fingerprint density at radius 2 is 1.88 bits per heavy atom. The SMILES string of the molecule is C=CC(=O)N(C)c1ccc(C(=O)Nc2c(O)ccc(Br)c2F)cc1. The molecular weight excluding hydrogens is 379 g/mol. The van der Waals surface area contributed by atoms with Gasteiger partial charge in [-0.1, -0.05) is 6.58 Å². The number of hydrogen-bond donors (Lipinski definition) is 2. The molecule has 0 spiro atoms. The lowest BCUT2D eigenvalue weighted by atomic mass is 10.1. The topological polar surface area (TPSA) is 69.6 Å². The molecular formula is C17H14BrFN2O3. The number of phenolic OH excluding ortho intramolecular Hbond substituents is 1. The van der Waals surface area contributed by atoms with Gasteiger partial charge in [0.05, 0.1) is 4.47 Å². The maximum atomic E-state index is 14.0. The number of carbonyl (C=O) groups excluding carboxylic acids is 2. The van der Waals surface area contributed by atoms with Gasteiger partial charge in [-0.15, -0.1) is 0 Å². The van der Waals surface area contributed by atoms with E-state index < -0.39 is 11.7 Å². The molecule has 0 fully saturated rings. The van der Waals surface area contributed by atoms with Crippen LogP contribution in [0.1, 0.15) is 10.4 Å². The largest absolute Gasteiger partial charge is 0.506 e. The summed E-state index contributed by atoms with van der Waals surface area (Å²) in [4.78, 5) is 25.1. The Labute approximate surface area is 146 Å². The first-order chi connectivity index (χ1) is 11.3. The minimum atomic E-state index is -0.767. The molecule has 0 saturated carbocycles. The van der Waals surface area contributed by atoms with Gasteiger partial charge in [-0.25, -0.2) is 4.39 Å². The molecule has 2 aromatic carbocycles. The van der Waals surface area contributed by atoms with Crippen molar-refractivity contribution in [1.82, 2.24) is 0 Å². The quantitative estimate of drug-likeness (QED) is 0.615. The summed E-state index contributed by atoms with van der Waals surface area (Å²) in [7, 11) is 1.58. The molecule has 0 aromatic heterocycles.